The van der Waals surface area contributed by atoms with Crippen molar-refractivity contribution in [3.05, 3.63) is 53.5 Å². The van der Waals surface area contributed by atoms with Crippen molar-refractivity contribution < 1.29 is 26.3 Å². The lowest BCUT2D eigenvalue weighted by Crippen LogP contribution is -2.46. The maximum Gasteiger partial charge on any atom is 0.453 e. The highest BCUT2D eigenvalue weighted by molar-refractivity contribution is 5.45. The monoisotopic (exact) mass is 418 g/mol. The number of nitrogens with zero attached hydrogens (tertiary/aromatic N) is 4. The SMILES string of the molecule is Cc1cc(NC[C@H](NCc2ccccc2)C(F)(F)F)n2nc(C(F)(F)F)nc2n1. The van der Waals surface area contributed by atoms with Crippen LogP contribution in [0.3, 0.4) is 0 Å². The molecule has 0 bridgehead atoms. The molecule has 0 unspecified atom stereocenters. The minimum Gasteiger partial charge on any atom is -0.368 e. The van der Waals surface area contributed by atoms with Gasteiger partial charge >= 0.3 is 12.4 Å². The van der Waals surface area contributed by atoms with E-state index in [1.165, 1.54) is 13.0 Å². The normalized spacial score (nSPS) is 13.6. The summed E-state index contributed by atoms with van der Waals surface area (Å²) in [5, 5.41) is 8.23. The molecule has 0 radical (unpaired) electrons. The van der Waals surface area contributed by atoms with Gasteiger partial charge in [-0.2, -0.15) is 35.8 Å². The van der Waals surface area contributed by atoms with E-state index >= 15 is 0 Å². The standard InChI is InChI=1S/C17H16F6N6/c1-10-7-13(29-15(26-10)27-14(28-29)17(21,22)23)25-9-12(16(18,19)20)24-8-11-5-3-2-4-6-11/h2-7,12,24-25H,8-9H2,1H3/t12-/m0/s1. The summed E-state index contributed by atoms with van der Waals surface area (Å²) in [6.45, 7) is 0.830. The summed E-state index contributed by atoms with van der Waals surface area (Å²) >= 11 is 0. The largest absolute Gasteiger partial charge is 0.453 e. The first-order valence-corrected chi connectivity index (χ1v) is 8.43. The summed E-state index contributed by atoms with van der Waals surface area (Å²) in [5.74, 6) is -1.86. The molecule has 6 nitrogen and oxygen atoms in total. The molecule has 156 valence electrons. The molecule has 1 atom stereocenters. The van der Waals surface area contributed by atoms with Crippen molar-refractivity contribution in [2.75, 3.05) is 11.9 Å². The molecule has 2 N–H and O–H groups in total. The predicted octanol–water partition coefficient (Wildman–Crippen LogP) is 3.58. The van der Waals surface area contributed by atoms with Gasteiger partial charge in [0, 0.05) is 24.8 Å². The van der Waals surface area contributed by atoms with Crippen LogP contribution in [0.1, 0.15) is 17.1 Å². The number of hydrogen-bond acceptors (Lipinski definition) is 5. The first-order valence-electron chi connectivity index (χ1n) is 8.43. The third-order valence-electron chi connectivity index (χ3n) is 3.97. The molecule has 0 amide bonds. The van der Waals surface area contributed by atoms with E-state index < -0.39 is 30.8 Å². The van der Waals surface area contributed by atoms with Crippen molar-refractivity contribution in [2.45, 2.75) is 31.9 Å². The molecule has 0 aliphatic carbocycles. The second kappa shape index (κ2) is 7.85. The van der Waals surface area contributed by atoms with Gasteiger partial charge in [0.1, 0.15) is 11.9 Å². The van der Waals surface area contributed by atoms with Crippen molar-refractivity contribution in [1.82, 2.24) is 24.9 Å². The zero-order valence-electron chi connectivity index (χ0n) is 15.0. The zero-order chi connectivity index (χ0) is 21.2. The topological polar surface area (TPSA) is 67.1 Å². The minimum atomic E-state index is -4.80. The van der Waals surface area contributed by atoms with Crippen LogP contribution in [0.5, 0.6) is 0 Å². The van der Waals surface area contributed by atoms with Gasteiger partial charge in [0.05, 0.1) is 0 Å². The van der Waals surface area contributed by atoms with Crippen molar-refractivity contribution in [2.24, 2.45) is 0 Å². The van der Waals surface area contributed by atoms with Crippen molar-refractivity contribution in [3.63, 3.8) is 0 Å². The van der Waals surface area contributed by atoms with Crippen LogP contribution in [0.4, 0.5) is 32.2 Å². The molecule has 12 heteroatoms. The molecule has 2 aromatic heterocycles. The van der Waals surface area contributed by atoms with Crippen LogP contribution in [0.15, 0.2) is 36.4 Å². The molecular weight excluding hydrogens is 402 g/mol. The highest BCUT2D eigenvalue weighted by Gasteiger charge is 2.39. The maximum absolute atomic E-state index is 13.4. The molecule has 0 saturated heterocycles. The van der Waals surface area contributed by atoms with Gasteiger partial charge in [0.15, 0.2) is 0 Å². The van der Waals surface area contributed by atoms with E-state index in [0.717, 1.165) is 4.52 Å². The van der Waals surface area contributed by atoms with Gasteiger partial charge in [-0.1, -0.05) is 30.3 Å². The molecule has 1 aromatic carbocycles. The van der Waals surface area contributed by atoms with Crippen LogP contribution in [-0.2, 0) is 12.7 Å². The molecule has 0 saturated carbocycles. The smallest absolute Gasteiger partial charge is 0.368 e. The van der Waals surface area contributed by atoms with Crippen molar-refractivity contribution >= 4 is 11.6 Å². The second-order valence-corrected chi connectivity index (χ2v) is 6.27. The lowest BCUT2D eigenvalue weighted by Gasteiger charge is -2.22. The first kappa shape index (κ1) is 20.8. The number of aryl methyl sites for hydroxylation is 1. The number of anilines is 1. The Morgan fingerprint density at radius 3 is 2.34 bits per heavy atom. The number of aromatic nitrogens is 4. The van der Waals surface area contributed by atoms with E-state index in [1.54, 1.807) is 30.3 Å². The van der Waals surface area contributed by atoms with Crippen molar-refractivity contribution in [3.8, 4) is 0 Å². The Hall–Kier alpha value is -2.89. The van der Waals surface area contributed by atoms with Crippen LogP contribution in [0.2, 0.25) is 0 Å². The van der Waals surface area contributed by atoms with Gasteiger partial charge in [-0.3, -0.25) is 0 Å². The number of alkyl halides is 6. The number of benzene rings is 1. The highest BCUT2D eigenvalue weighted by Crippen LogP contribution is 2.27. The van der Waals surface area contributed by atoms with Crippen LogP contribution < -0.4 is 10.6 Å². The summed E-state index contributed by atoms with van der Waals surface area (Å²) in [6, 6.07) is 7.87. The van der Waals surface area contributed by atoms with E-state index in [4.69, 9.17) is 0 Å². The Bertz CT molecular complexity index is 966. The predicted molar refractivity (Wildman–Crippen MR) is 92.1 cm³/mol. The lowest BCUT2D eigenvalue weighted by atomic mass is 10.2. The molecule has 29 heavy (non-hydrogen) atoms. The fourth-order valence-corrected chi connectivity index (χ4v) is 2.58. The van der Waals surface area contributed by atoms with Crippen LogP contribution in [0, 0.1) is 6.92 Å². The maximum atomic E-state index is 13.4. The van der Waals surface area contributed by atoms with E-state index in [9.17, 15) is 26.3 Å². The molecule has 0 fully saturated rings. The summed E-state index contributed by atoms with van der Waals surface area (Å²) in [7, 11) is 0. The molecule has 3 rings (SSSR count). The van der Waals surface area contributed by atoms with Gasteiger partial charge in [-0.05, 0) is 12.5 Å². The summed E-state index contributed by atoms with van der Waals surface area (Å²) < 4.78 is 79.4. The third-order valence-corrected chi connectivity index (χ3v) is 3.97. The van der Waals surface area contributed by atoms with Crippen LogP contribution >= 0.6 is 0 Å². The van der Waals surface area contributed by atoms with Gasteiger partial charge in [-0.15, -0.1) is 5.10 Å². The summed E-state index contributed by atoms with van der Waals surface area (Å²) in [5.41, 5.74) is 0.942. The van der Waals surface area contributed by atoms with Crippen molar-refractivity contribution in [1.29, 1.82) is 0 Å². The van der Waals surface area contributed by atoms with E-state index in [1.807, 2.05) is 0 Å². The molecule has 0 aliphatic rings. The average Bonchev–Trinajstić information content (AvgIpc) is 3.05. The van der Waals surface area contributed by atoms with Gasteiger partial charge in [-0.25, -0.2) is 4.98 Å². The Morgan fingerprint density at radius 1 is 1.03 bits per heavy atom. The van der Waals surface area contributed by atoms with Gasteiger partial charge < -0.3 is 10.6 Å². The molecule has 3 aromatic rings. The van der Waals surface area contributed by atoms with E-state index in [2.05, 4.69) is 25.7 Å². The quantitative estimate of drug-likeness (QED) is 0.599. The summed E-state index contributed by atoms with van der Waals surface area (Å²) in [6.07, 6.45) is -9.38. The van der Waals surface area contributed by atoms with E-state index in [-0.39, 0.29) is 23.8 Å². The molecular formula is C17H16F6N6. The number of rotatable bonds is 6. The second-order valence-electron chi connectivity index (χ2n) is 6.27. The molecule has 2 heterocycles. The molecule has 0 aliphatic heterocycles. The zero-order valence-corrected chi connectivity index (χ0v) is 15.0. The number of halogens is 6. The van der Waals surface area contributed by atoms with E-state index in [0.29, 0.717) is 5.56 Å². The van der Waals surface area contributed by atoms with Gasteiger partial charge in [0.2, 0.25) is 0 Å². The number of hydrogen-bond donors (Lipinski definition) is 2. The number of fused-ring (bicyclic) bond motifs is 1. The Labute approximate surface area is 161 Å². The average molecular weight is 418 g/mol. The van der Waals surface area contributed by atoms with Crippen LogP contribution in [0.25, 0.3) is 5.78 Å². The minimum absolute atomic E-state index is 0.0287. The third kappa shape index (κ3) is 5.13. The van der Waals surface area contributed by atoms with Gasteiger partial charge in [0.25, 0.3) is 11.6 Å². The summed E-state index contributed by atoms with van der Waals surface area (Å²) in [4.78, 5) is 7.13. The molecule has 0 spiro atoms. The first-order chi connectivity index (χ1) is 13.5. The Morgan fingerprint density at radius 2 is 1.72 bits per heavy atom. The highest BCUT2D eigenvalue weighted by atomic mass is 19.4. The Balaban J connectivity index is 1.79. The Kier molecular flexibility index (Phi) is 5.64. The fraction of sp³-hybridized carbons (Fsp3) is 0.353. The number of nitrogens with one attached hydrogen (secondary N) is 2. The van der Waals surface area contributed by atoms with Crippen LogP contribution in [-0.4, -0.2) is 38.3 Å². The lowest BCUT2D eigenvalue weighted by molar-refractivity contribution is -0.152. The fourth-order valence-electron chi connectivity index (χ4n) is 2.58.